The molecule has 0 radical (unpaired) electrons. The van der Waals surface area contributed by atoms with Crippen LogP contribution in [0.4, 0.5) is 26.3 Å². The van der Waals surface area contributed by atoms with Crippen molar-refractivity contribution < 1.29 is 55.3 Å². The highest BCUT2D eigenvalue weighted by Gasteiger charge is 2.38. The Bertz CT molecular complexity index is 1120. The van der Waals surface area contributed by atoms with Crippen LogP contribution >= 0.6 is 0 Å². The van der Waals surface area contributed by atoms with Crippen molar-refractivity contribution in [3.05, 3.63) is 36.2 Å². The summed E-state index contributed by atoms with van der Waals surface area (Å²) in [5.74, 6) is -3.91. The molecule has 0 spiro atoms. The molecule has 2 saturated heterocycles. The van der Waals surface area contributed by atoms with Gasteiger partial charge in [0.25, 0.3) is 0 Å². The van der Waals surface area contributed by atoms with Crippen LogP contribution in [-0.2, 0) is 16.1 Å². The van der Waals surface area contributed by atoms with Gasteiger partial charge in [-0.2, -0.15) is 26.3 Å². The average Bonchev–Trinajstić information content (AvgIpc) is 3.57. The highest BCUT2D eigenvalue weighted by molar-refractivity contribution is 5.73. The van der Waals surface area contributed by atoms with E-state index in [0.717, 1.165) is 55.7 Å². The zero-order valence-corrected chi connectivity index (χ0v) is 24.0. The Morgan fingerprint density at radius 1 is 0.907 bits per heavy atom. The van der Waals surface area contributed by atoms with Crippen LogP contribution in [0.1, 0.15) is 58.1 Å². The summed E-state index contributed by atoms with van der Waals surface area (Å²) in [5.41, 5.74) is 2.02. The summed E-state index contributed by atoms with van der Waals surface area (Å²) in [5, 5.41) is 14.2. The van der Waals surface area contributed by atoms with Gasteiger partial charge in [-0.3, -0.25) is 4.90 Å². The van der Waals surface area contributed by atoms with E-state index in [2.05, 4.69) is 28.6 Å². The second-order valence-corrected chi connectivity index (χ2v) is 10.3. The Balaban J connectivity index is 0.000000384. The van der Waals surface area contributed by atoms with E-state index in [1.807, 2.05) is 24.3 Å². The first-order valence-corrected chi connectivity index (χ1v) is 13.8. The molecule has 43 heavy (non-hydrogen) atoms. The molecule has 0 aliphatic carbocycles. The van der Waals surface area contributed by atoms with Gasteiger partial charge in [-0.15, -0.1) is 0 Å². The van der Waals surface area contributed by atoms with E-state index in [0.29, 0.717) is 11.9 Å². The molecule has 0 saturated carbocycles. The van der Waals surface area contributed by atoms with Crippen molar-refractivity contribution in [3.8, 4) is 17.2 Å². The third kappa shape index (κ3) is 12.8. The number of alkyl halides is 6. The van der Waals surface area contributed by atoms with Crippen molar-refractivity contribution in [2.45, 2.75) is 83.4 Å². The van der Waals surface area contributed by atoms with Gasteiger partial charge in [-0.1, -0.05) is 6.42 Å². The number of likely N-dealkylation sites (tertiary alicyclic amines) is 2. The molecule has 2 N–H and O–H groups in total. The van der Waals surface area contributed by atoms with Gasteiger partial charge in [0.15, 0.2) is 0 Å². The monoisotopic (exact) mass is 625 g/mol. The Morgan fingerprint density at radius 3 is 1.95 bits per heavy atom. The van der Waals surface area contributed by atoms with Crippen LogP contribution in [-0.4, -0.2) is 87.6 Å². The van der Waals surface area contributed by atoms with Gasteiger partial charge in [-0.05, 0) is 83.3 Å². The average molecular weight is 626 g/mol. The van der Waals surface area contributed by atoms with Crippen LogP contribution < -0.4 is 4.74 Å². The number of carbonyl (C=O) groups is 2. The molecule has 2 atom stereocenters. The second kappa shape index (κ2) is 16.5. The maximum absolute atomic E-state index is 10.6. The number of halogens is 6. The van der Waals surface area contributed by atoms with E-state index in [1.165, 1.54) is 38.6 Å². The number of aromatic nitrogens is 1. The summed E-state index contributed by atoms with van der Waals surface area (Å²) in [7, 11) is 0. The van der Waals surface area contributed by atoms with E-state index in [-0.39, 0.29) is 0 Å². The zero-order chi connectivity index (χ0) is 32.2. The van der Waals surface area contributed by atoms with Gasteiger partial charge >= 0.3 is 24.3 Å². The molecule has 0 bridgehead atoms. The number of carboxylic acid groups (broad SMARTS) is 2. The van der Waals surface area contributed by atoms with Crippen LogP contribution in [0.3, 0.4) is 0 Å². The van der Waals surface area contributed by atoms with Crippen LogP contribution in [0, 0.1) is 0 Å². The number of carboxylic acids is 2. The Hall–Kier alpha value is -3.33. The molecule has 2 aliphatic rings. The number of oxazole rings is 1. The summed E-state index contributed by atoms with van der Waals surface area (Å²) in [4.78, 5) is 27.6. The molecule has 242 valence electrons. The lowest BCUT2D eigenvalue weighted by molar-refractivity contribution is -0.193. The maximum atomic E-state index is 10.6. The lowest BCUT2D eigenvalue weighted by Crippen LogP contribution is -2.38. The molecule has 0 amide bonds. The van der Waals surface area contributed by atoms with E-state index >= 15 is 0 Å². The first kappa shape index (κ1) is 35.9. The molecule has 1 aromatic carbocycles. The largest absolute Gasteiger partial charge is 0.494 e. The predicted molar refractivity (Wildman–Crippen MR) is 143 cm³/mol. The topological polar surface area (TPSA) is 116 Å². The fraction of sp³-hybridized carbons (Fsp3) is 0.607. The highest BCUT2D eigenvalue weighted by atomic mass is 19.4. The lowest BCUT2D eigenvalue weighted by atomic mass is 10.0. The number of hydrogen-bond donors (Lipinski definition) is 2. The predicted octanol–water partition coefficient (Wildman–Crippen LogP) is 6.24. The molecule has 2 unspecified atom stereocenters. The highest BCUT2D eigenvalue weighted by Crippen LogP contribution is 2.25. The quantitative estimate of drug-likeness (QED) is 0.260. The first-order chi connectivity index (χ1) is 20.1. The van der Waals surface area contributed by atoms with Crippen LogP contribution in [0.2, 0.25) is 0 Å². The number of nitrogens with zero attached hydrogens (tertiary/aromatic N) is 3. The minimum atomic E-state index is -5.08. The van der Waals surface area contributed by atoms with Crippen molar-refractivity contribution in [2.75, 3.05) is 26.2 Å². The van der Waals surface area contributed by atoms with Gasteiger partial charge in [0.05, 0.1) is 12.3 Å². The third-order valence-electron chi connectivity index (χ3n) is 6.99. The molecule has 1 aromatic heterocycles. The smallest absolute Gasteiger partial charge is 0.490 e. The van der Waals surface area contributed by atoms with Crippen LogP contribution in [0.5, 0.6) is 5.75 Å². The van der Waals surface area contributed by atoms with Crippen LogP contribution in [0.15, 0.2) is 34.9 Å². The number of benzene rings is 1. The van der Waals surface area contributed by atoms with Gasteiger partial charge < -0.3 is 24.3 Å². The Kier molecular flexibility index (Phi) is 13.8. The van der Waals surface area contributed by atoms with Gasteiger partial charge in [-0.25, -0.2) is 14.6 Å². The fourth-order valence-corrected chi connectivity index (χ4v) is 4.59. The lowest BCUT2D eigenvalue weighted by Gasteiger charge is -2.33. The van der Waals surface area contributed by atoms with Gasteiger partial charge in [0, 0.05) is 30.7 Å². The minimum absolute atomic E-state index is 0.643. The van der Waals surface area contributed by atoms with E-state index < -0.39 is 24.3 Å². The molecular formula is C28H37F6N3O6. The number of piperidine rings is 1. The SMILES string of the molecule is CC1CCCCN1CCCOc1ccc(-c2nc(CN3CCCC3C)co2)cc1.O=C(O)C(F)(F)F.O=C(O)C(F)(F)F. The molecule has 15 heteroatoms. The second-order valence-electron chi connectivity index (χ2n) is 10.3. The van der Waals surface area contributed by atoms with Gasteiger partial charge in [0.2, 0.25) is 5.89 Å². The molecular weight excluding hydrogens is 588 g/mol. The standard InChI is InChI=1S/C24H35N3O2.2C2HF3O2/c1-19-7-3-4-13-26(19)15-6-16-28-23-11-9-21(10-12-23)24-25-22(18-29-24)17-27-14-5-8-20(27)2;2*3-2(4,5)1(6)7/h9-12,18-20H,3-8,13-17H2,1-2H3;2*(H,6,7). The van der Waals surface area contributed by atoms with Crippen LogP contribution in [0.25, 0.3) is 11.5 Å². The number of ether oxygens (including phenoxy) is 1. The van der Waals surface area contributed by atoms with Gasteiger partial charge in [0.1, 0.15) is 12.0 Å². The van der Waals surface area contributed by atoms with Crippen molar-refractivity contribution in [2.24, 2.45) is 0 Å². The summed E-state index contributed by atoms with van der Waals surface area (Å²) in [6, 6.07) is 9.48. The Morgan fingerprint density at radius 2 is 1.44 bits per heavy atom. The molecule has 2 aromatic rings. The fourth-order valence-electron chi connectivity index (χ4n) is 4.59. The molecule has 9 nitrogen and oxygen atoms in total. The van der Waals surface area contributed by atoms with Crippen molar-refractivity contribution in [1.82, 2.24) is 14.8 Å². The molecule has 4 rings (SSSR count). The number of aliphatic carboxylic acids is 2. The third-order valence-corrected chi connectivity index (χ3v) is 6.99. The number of hydrogen-bond acceptors (Lipinski definition) is 7. The van der Waals surface area contributed by atoms with E-state index in [9.17, 15) is 26.3 Å². The van der Waals surface area contributed by atoms with Crippen molar-refractivity contribution in [3.63, 3.8) is 0 Å². The first-order valence-electron chi connectivity index (χ1n) is 13.8. The summed E-state index contributed by atoms with van der Waals surface area (Å²) in [6.07, 6.45) is -0.678. The van der Waals surface area contributed by atoms with Crippen molar-refractivity contribution >= 4 is 11.9 Å². The maximum Gasteiger partial charge on any atom is 0.490 e. The minimum Gasteiger partial charge on any atom is -0.494 e. The normalized spacial score (nSPS) is 19.5. The Labute approximate surface area is 245 Å². The van der Waals surface area contributed by atoms with E-state index in [1.54, 1.807) is 6.26 Å². The summed E-state index contributed by atoms with van der Waals surface area (Å²) >= 11 is 0. The van der Waals surface area contributed by atoms with E-state index in [4.69, 9.17) is 29.0 Å². The zero-order valence-electron chi connectivity index (χ0n) is 24.0. The molecule has 2 fully saturated rings. The molecule has 2 aliphatic heterocycles. The summed E-state index contributed by atoms with van der Waals surface area (Å²) in [6.45, 7) is 9.81. The molecule has 3 heterocycles. The number of rotatable bonds is 8. The summed E-state index contributed by atoms with van der Waals surface area (Å²) < 4.78 is 75.1. The van der Waals surface area contributed by atoms with Crippen molar-refractivity contribution in [1.29, 1.82) is 0 Å².